The van der Waals surface area contributed by atoms with Crippen LogP contribution in [0.5, 0.6) is 0 Å². The first-order valence-corrected chi connectivity index (χ1v) is 3.93. The first kappa shape index (κ1) is 10.5. The van der Waals surface area contributed by atoms with E-state index < -0.39 is 5.91 Å². The molecular formula is C10H9ClN2O. The molecule has 0 saturated carbocycles. The Morgan fingerprint density at radius 2 is 1.86 bits per heavy atom. The lowest BCUT2D eigenvalue weighted by atomic mass is 10.2. The van der Waals surface area contributed by atoms with Crippen molar-refractivity contribution in [2.24, 2.45) is 5.73 Å². The zero-order valence-corrected chi connectivity index (χ0v) is 8.12. The quantitative estimate of drug-likeness (QED) is 0.777. The van der Waals surface area contributed by atoms with Crippen LogP contribution in [-0.2, 0) is 0 Å². The molecule has 2 N–H and O–H groups in total. The van der Waals surface area contributed by atoms with Crippen molar-refractivity contribution in [2.75, 3.05) is 0 Å². The lowest BCUT2D eigenvalue weighted by molar-refractivity contribution is 0.0996. The molecule has 0 unspecified atom stereocenters. The van der Waals surface area contributed by atoms with Crippen molar-refractivity contribution < 1.29 is 4.79 Å². The fraction of sp³-hybridized carbons (Fsp3) is 0. The molecular weight excluding hydrogens is 200 g/mol. The summed E-state index contributed by atoms with van der Waals surface area (Å²) in [6.45, 7) is 0. The molecule has 14 heavy (non-hydrogen) atoms. The molecule has 0 spiro atoms. The van der Waals surface area contributed by atoms with Gasteiger partial charge in [-0.3, -0.25) is 4.79 Å². The Hall–Kier alpha value is -1.61. The third-order valence-corrected chi connectivity index (χ3v) is 1.85. The Labute approximate surface area is 87.4 Å². The minimum atomic E-state index is -0.495. The minimum absolute atomic E-state index is 0. The topological polar surface area (TPSA) is 56.0 Å². The fourth-order valence-electron chi connectivity index (χ4n) is 1.20. The molecule has 0 bridgehead atoms. The van der Waals surface area contributed by atoms with Crippen LogP contribution in [0, 0.1) is 0 Å². The molecule has 2 rings (SSSR count). The molecule has 0 aliphatic carbocycles. The van der Waals surface area contributed by atoms with Gasteiger partial charge in [0.15, 0.2) is 0 Å². The Morgan fingerprint density at radius 1 is 1.14 bits per heavy atom. The number of nitrogens with zero attached hydrogens (tertiary/aromatic N) is 1. The Balaban J connectivity index is 0.000000980. The second-order valence-electron chi connectivity index (χ2n) is 2.75. The number of rotatable bonds is 1. The number of carbonyl (C=O) groups is 1. The van der Waals surface area contributed by atoms with Gasteiger partial charge in [0, 0.05) is 5.39 Å². The summed E-state index contributed by atoms with van der Waals surface area (Å²) in [5.74, 6) is -0.495. The van der Waals surface area contributed by atoms with Crippen molar-refractivity contribution in [3.63, 3.8) is 0 Å². The molecule has 4 heteroatoms. The molecule has 2 aromatic rings. The zero-order valence-electron chi connectivity index (χ0n) is 7.31. The molecule has 72 valence electrons. The molecule has 1 aromatic heterocycles. The summed E-state index contributed by atoms with van der Waals surface area (Å²) in [6, 6.07) is 11.1. The van der Waals surface area contributed by atoms with E-state index in [-0.39, 0.29) is 12.4 Å². The number of carbonyl (C=O) groups excluding carboxylic acids is 1. The average molecular weight is 209 g/mol. The first-order valence-electron chi connectivity index (χ1n) is 3.93. The maximum absolute atomic E-state index is 10.8. The molecule has 0 fully saturated rings. The maximum atomic E-state index is 10.8. The van der Waals surface area contributed by atoms with Crippen LogP contribution < -0.4 is 5.73 Å². The molecule has 0 atom stereocenters. The Bertz CT molecular complexity index is 470. The number of benzene rings is 1. The lowest BCUT2D eigenvalue weighted by Gasteiger charge is -1.97. The Kier molecular flexibility index (Phi) is 3.04. The number of pyridine rings is 1. The van der Waals surface area contributed by atoms with Crippen LogP contribution in [0.1, 0.15) is 10.5 Å². The van der Waals surface area contributed by atoms with E-state index in [9.17, 15) is 4.79 Å². The monoisotopic (exact) mass is 208 g/mol. The van der Waals surface area contributed by atoms with Crippen LogP contribution in [0.25, 0.3) is 10.9 Å². The minimum Gasteiger partial charge on any atom is -0.364 e. The van der Waals surface area contributed by atoms with Crippen LogP contribution in [0.4, 0.5) is 0 Å². The second kappa shape index (κ2) is 4.07. The van der Waals surface area contributed by atoms with Crippen molar-refractivity contribution in [3.05, 3.63) is 42.1 Å². The van der Waals surface area contributed by atoms with Gasteiger partial charge in [0.05, 0.1) is 5.52 Å². The highest BCUT2D eigenvalue weighted by Gasteiger charge is 2.01. The van der Waals surface area contributed by atoms with Crippen LogP contribution in [0.15, 0.2) is 36.4 Å². The van der Waals surface area contributed by atoms with Gasteiger partial charge in [0.25, 0.3) is 5.91 Å². The number of hydrogen-bond donors (Lipinski definition) is 1. The third kappa shape index (κ3) is 1.83. The zero-order chi connectivity index (χ0) is 9.26. The van der Waals surface area contributed by atoms with Crippen LogP contribution in [-0.4, -0.2) is 10.9 Å². The first-order chi connectivity index (χ1) is 6.27. The van der Waals surface area contributed by atoms with Gasteiger partial charge >= 0.3 is 0 Å². The largest absolute Gasteiger partial charge is 0.364 e. The van der Waals surface area contributed by atoms with Crippen molar-refractivity contribution in [1.29, 1.82) is 0 Å². The summed E-state index contributed by atoms with van der Waals surface area (Å²) in [4.78, 5) is 14.9. The van der Waals surface area contributed by atoms with E-state index in [1.54, 1.807) is 6.07 Å². The van der Waals surface area contributed by atoms with Crippen LogP contribution >= 0.6 is 12.4 Å². The lowest BCUT2D eigenvalue weighted by Crippen LogP contribution is -2.12. The van der Waals surface area contributed by atoms with Gasteiger partial charge in [-0.2, -0.15) is 0 Å². The van der Waals surface area contributed by atoms with Crippen LogP contribution in [0.2, 0.25) is 0 Å². The summed E-state index contributed by atoms with van der Waals surface area (Å²) in [5, 5.41) is 1.01. The molecule has 0 radical (unpaired) electrons. The van der Waals surface area contributed by atoms with Gasteiger partial charge < -0.3 is 5.73 Å². The van der Waals surface area contributed by atoms with Gasteiger partial charge in [-0.15, -0.1) is 12.4 Å². The van der Waals surface area contributed by atoms with Crippen molar-refractivity contribution in [2.45, 2.75) is 0 Å². The number of hydrogen-bond acceptors (Lipinski definition) is 2. The fourth-order valence-corrected chi connectivity index (χ4v) is 1.20. The normalized spacial score (nSPS) is 9.43. The van der Waals surface area contributed by atoms with E-state index in [1.165, 1.54) is 0 Å². The number of fused-ring (bicyclic) bond motifs is 1. The molecule has 3 nitrogen and oxygen atoms in total. The Morgan fingerprint density at radius 3 is 2.57 bits per heavy atom. The van der Waals surface area contributed by atoms with Crippen molar-refractivity contribution in [1.82, 2.24) is 4.98 Å². The van der Waals surface area contributed by atoms with E-state index in [4.69, 9.17) is 5.73 Å². The highest BCUT2D eigenvalue weighted by molar-refractivity contribution is 5.93. The number of amides is 1. The SMILES string of the molecule is Cl.NC(=O)c1ccc2ccccc2n1. The average Bonchev–Trinajstić information content (AvgIpc) is 2.17. The highest BCUT2D eigenvalue weighted by Crippen LogP contribution is 2.10. The number of para-hydroxylation sites is 1. The van der Waals surface area contributed by atoms with Gasteiger partial charge in [0.2, 0.25) is 0 Å². The van der Waals surface area contributed by atoms with E-state index in [0.717, 1.165) is 10.9 Å². The van der Waals surface area contributed by atoms with Gasteiger partial charge in [-0.05, 0) is 12.1 Å². The maximum Gasteiger partial charge on any atom is 0.267 e. The van der Waals surface area contributed by atoms with Gasteiger partial charge in [-0.1, -0.05) is 24.3 Å². The molecule has 1 amide bonds. The molecule has 0 aliphatic heterocycles. The summed E-state index contributed by atoms with van der Waals surface area (Å²) in [7, 11) is 0. The van der Waals surface area contributed by atoms with E-state index in [0.29, 0.717) is 5.69 Å². The standard InChI is InChI=1S/C10H8N2O.ClH/c11-10(13)9-6-5-7-3-1-2-4-8(7)12-9;/h1-6H,(H2,11,13);1H. The second-order valence-corrected chi connectivity index (χ2v) is 2.75. The number of nitrogens with two attached hydrogens (primary N) is 1. The molecule has 0 aliphatic rings. The number of halogens is 1. The predicted octanol–water partition coefficient (Wildman–Crippen LogP) is 1.76. The number of aromatic nitrogens is 1. The van der Waals surface area contributed by atoms with Crippen molar-refractivity contribution >= 4 is 29.2 Å². The van der Waals surface area contributed by atoms with Crippen LogP contribution in [0.3, 0.4) is 0 Å². The smallest absolute Gasteiger partial charge is 0.267 e. The summed E-state index contributed by atoms with van der Waals surface area (Å²) >= 11 is 0. The van der Waals surface area contributed by atoms with Gasteiger partial charge in [0.1, 0.15) is 5.69 Å². The molecule has 1 aromatic carbocycles. The molecule has 0 saturated heterocycles. The third-order valence-electron chi connectivity index (χ3n) is 1.85. The van der Waals surface area contributed by atoms with E-state index in [1.807, 2.05) is 30.3 Å². The summed E-state index contributed by atoms with van der Waals surface area (Å²) in [5.41, 5.74) is 6.20. The van der Waals surface area contributed by atoms with E-state index in [2.05, 4.69) is 4.98 Å². The van der Waals surface area contributed by atoms with E-state index >= 15 is 0 Å². The summed E-state index contributed by atoms with van der Waals surface area (Å²) in [6.07, 6.45) is 0. The van der Waals surface area contributed by atoms with Crippen molar-refractivity contribution in [3.8, 4) is 0 Å². The van der Waals surface area contributed by atoms with Gasteiger partial charge in [-0.25, -0.2) is 4.98 Å². The number of primary amides is 1. The summed E-state index contributed by atoms with van der Waals surface area (Å²) < 4.78 is 0. The highest BCUT2D eigenvalue weighted by atomic mass is 35.5. The predicted molar refractivity (Wildman–Crippen MR) is 57.5 cm³/mol. The molecule has 1 heterocycles.